The van der Waals surface area contributed by atoms with Crippen molar-refractivity contribution in [3.05, 3.63) is 28.9 Å². The summed E-state index contributed by atoms with van der Waals surface area (Å²) in [4.78, 5) is 31.0. The number of nitrogens with two attached hydrogens (primary N) is 1. The Labute approximate surface area is 127 Å². The van der Waals surface area contributed by atoms with Crippen molar-refractivity contribution in [2.24, 2.45) is 0 Å². The van der Waals surface area contributed by atoms with E-state index in [9.17, 15) is 9.59 Å². The third-order valence-electron chi connectivity index (χ3n) is 2.05. The van der Waals surface area contributed by atoms with Crippen LogP contribution in [-0.4, -0.2) is 27.4 Å². The molecule has 0 aliphatic heterocycles. The Kier molecular flexibility index (Phi) is 5.26. The largest absolute Gasteiger partial charge is 0.426 e. The van der Waals surface area contributed by atoms with Crippen LogP contribution in [0.25, 0.3) is 0 Å². The second kappa shape index (κ2) is 6.53. The fraction of sp³-hybridized carbons (Fsp3) is 0.385. The van der Waals surface area contributed by atoms with Gasteiger partial charge in [0, 0.05) is 11.6 Å². The average Bonchev–Trinajstić information content (AvgIpc) is 2.29. The lowest BCUT2D eigenvalue weighted by Gasteiger charge is -2.19. The maximum absolute atomic E-state index is 11.9. The highest BCUT2D eigenvalue weighted by Crippen LogP contribution is 2.13. The Bertz CT molecular complexity index is 594. The van der Waals surface area contributed by atoms with Crippen molar-refractivity contribution < 1.29 is 14.3 Å². The number of nitrogens with zero attached hydrogens (tertiary/aromatic N) is 2. The van der Waals surface area contributed by atoms with Crippen molar-refractivity contribution in [3.8, 4) is 0 Å². The number of ether oxygens (including phenoxy) is 1. The van der Waals surface area contributed by atoms with Gasteiger partial charge in [0.2, 0.25) is 5.91 Å². The molecular weight excluding hydrogens is 296 g/mol. The predicted molar refractivity (Wildman–Crippen MR) is 78.5 cm³/mol. The van der Waals surface area contributed by atoms with Gasteiger partial charge >= 0.3 is 5.97 Å². The number of rotatable bonds is 3. The van der Waals surface area contributed by atoms with Crippen molar-refractivity contribution in [1.82, 2.24) is 15.3 Å². The molecule has 1 aromatic rings. The van der Waals surface area contributed by atoms with E-state index in [0.29, 0.717) is 0 Å². The number of hydrogen-bond donors (Lipinski definition) is 2. The number of allylic oxidation sites excluding steroid dienone is 1. The number of halogens is 1. The van der Waals surface area contributed by atoms with Gasteiger partial charge in [0.05, 0.1) is 6.20 Å². The van der Waals surface area contributed by atoms with Gasteiger partial charge in [-0.1, -0.05) is 11.6 Å². The zero-order valence-electron chi connectivity index (χ0n) is 12.2. The lowest BCUT2D eigenvalue weighted by Crippen LogP contribution is -2.39. The van der Waals surface area contributed by atoms with Gasteiger partial charge < -0.3 is 15.8 Å². The smallest absolute Gasteiger partial charge is 0.365 e. The predicted octanol–water partition coefficient (Wildman–Crippen LogP) is 1.69. The van der Waals surface area contributed by atoms with Gasteiger partial charge in [-0.2, -0.15) is 0 Å². The van der Waals surface area contributed by atoms with E-state index in [2.05, 4.69) is 15.3 Å². The number of carbonyl (C=O) groups excluding carboxylic acids is 2. The van der Waals surface area contributed by atoms with Gasteiger partial charge in [-0.25, -0.2) is 14.8 Å². The molecule has 1 rings (SSSR count). The number of carbonyl (C=O) groups is 2. The normalized spacial score (nSPS) is 12.0. The summed E-state index contributed by atoms with van der Waals surface area (Å²) in [6.07, 6.45) is 2.38. The Balaban J connectivity index is 2.78. The van der Waals surface area contributed by atoms with E-state index in [1.165, 1.54) is 13.1 Å². The zero-order chi connectivity index (χ0) is 16.2. The highest BCUT2D eigenvalue weighted by atomic mass is 35.5. The fourth-order valence-corrected chi connectivity index (χ4v) is 1.47. The first kappa shape index (κ1) is 16.9. The number of anilines is 1. The van der Waals surface area contributed by atoms with Crippen LogP contribution in [0.2, 0.25) is 5.15 Å². The number of nitrogens with one attached hydrogen (secondary N) is 1. The number of amides is 1. The summed E-state index contributed by atoms with van der Waals surface area (Å²) < 4.78 is 4.98. The second-order valence-corrected chi connectivity index (χ2v) is 5.70. The molecule has 1 heterocycles. The molecule has 0 aliphatic carbocycles. The number of aromatic nitrogens is 2. The summed E-state index contributed by atoms with van der Waals surface area (Å²) >= 11 is 5.64. The van der Waals surface area contributed by atoms with Crippen LogP contribution in [0.15, 0.2) is 18.0 Å². The van der Waals surface area contributed by atoms with Crippen molar-refractivity contribution in [3.63, 3.8) is 0 Å². The Morgan fingerprint density at radius 3 is 2.62 bits per heavy atom. The third-order valence-corrected chi connectivity index (χ3v) is 2.23. The summed E-state index contributed by atoms with van der Waals surface area (Å²) in [6, 6.07) is 0. The van der Waals surface area contributed by atoms with Gasteiger partial charge in [0.15, 0.2) is 11.5 Å². The van der Waals surface area contributed by atoms with E-state index >= 15 is 0 Å². The number of nitrogen functional groups attached to an aromatic ring is 1. The van der Waals surface area contributed by atoms with Crippen LogP contribution in [0, 0.1) is 0 Å². The molecule has 0 radical (unpaired) electrons. The summed E-state index contributed by atoms with van der Waals surface area (Å²) in [5, 5.41) is 2.72. The molecule has 3 N–H and O–H groups in total. The van der Waals surface area contributed by atoms with Crippen molar-refractivity contribution in [2.75, 3.05) is 5.73 Å². The van der Waals surface area contributed by atoms with E-state index < -0.39 is 5.97 Å². The highest BCUT2D eigenvalue weighted by molar-refractivity contribution is 6.29. The van der Waals surface area contributed by atoms with Crippen LogP contribution in [-0.2, 0) is 9.53 Å². The first-order valence-corrected chi connectivity index (χ1v) is 6.47. The van der Waals surface area contributed by atoms with Gasteiger partial charge in [0.25, 0.3) is 0 Å². The van der Waals surface area contributed by atoms with Crippen molar-refractivity contribution >= 4 is 29.3 Å². The highest BCUT2D eigenvalue weighted by Gasteiger charge is 2.17. The van der Waals surface area contributed by atoms with E-state index in [4.69, 9.17) is 22.1 Å². The Morgan fingerprint density at radius 1 is 1.43 bits per heavy atom. The average molecular weight is 313 g/mol. The minimum Gasteiger partial charge on any atom is -0.426 e. The molecule has 0 fully saturated rings. The molecule has 0 spiro atoms. The molecule has 8 heteroatoms. The molecule has 0 atom stereocenters. The standard InChI is InChI=1S/C13H17ClN4O3/c1-7(5-9(19)18-13(2,3)4)21-12(20)10-11(15)16-6-8(14)17-10/h5-6H,1-4H3,(H2,15,16)(H,18,19). The van der Waals surface area contributed by atoms with E-state index in [-0.39, 0.29) is 33.9 Å². The molecule has 0 saturated carbocycles. The molecule has 0 unspecified atom stereocenters. The molecule has 0 bridgehead atoms. The van der Waals surface area contributed by atoms with Crippen LogP contribution >= 0.6 is 11.6 Å². The fourth-order valence-electron chi connectivity index (χ4n) is 1.34. The van der Waals surface area contributed by atoms with Gasteiger partial charge in [-0.15, -0.1) is 0 Å². The van der Waals surface area contributed by atoms with Crippen LogP contribution in [0.3, 0.4) is 0 Å². The Hall–Kier alpha value is -2.15. The number of hydrogen-bond acceptors (Lipinski definition) is 6. The zero-order valence-corrected chi connectivity index (χ0v) is 13.0. The molecule has 1 amide bonds. The van der Waals surface area contributed by atoms with Gasteiger partial charge in [-0.3, -0.25) is 4.79 Å². The van der Waals surface area contributed by atoms with Crippen LogP contribution in [0.5, 0.6) is 0 Å². The summed E-state index contributed by atoms with van der Waals surface area (Å²) in [5.74, 6) is -1.21. The van der Waals surface area contributed by atoms with Crippen LogP contribution in [0.4, 0.5) is 5.82 Å². The van der Waals surface area contributed by atoms with Gasteiger partial charge in [-0.05, 0) is 27.7 Å². The molecule has 0 aromatic carbocycles. The molecule has 1 aromatic heterocycles. The summed E-state index contributed by atoms with van der Waals surface area (Å²) in [5.41, 5.74) is 4.93. The first-order valence-electron chi connectivity index (χ1n) is 6.09. The Morgan fingerprint density at radius 2 is 2.05 bits per heavy atom. The SMILES string of the molecule is CC(=CC(=O)NC(C)(C)C)OC(=O)c1nc(Cl)cnc1N. The maximum atomic E-state index is 11.9. The lowest BCUT2D eigenvalue weighted by molar-refractivity contribution is -0.117. The minimum atomic E-state index is -0.834. The first-order chi connectivity index (χ1) is 9.58. The van der Waals surface area contributed by atoms with Gasteiger partial charge in [0.1, 0.15) is 10.9 Å². The molecule has 7 nitrogen and oxygen atoms in total. The molecule has 21 heavy (non-hydrogen) atoms. The molecule has 0 saturated heterocycles. The maximum Gasteiger partial charge on any atom is 0.365 e. The topological polar surface area (TPSA) is 107 Å². The summed E-state index contributed by atoms with van der Waals surface area (Å²) in [6.45, 7) is 6.97. The minimum absolute atomic E-state index is 0.0169. The van der Waals surface area contributed by atoms with Crippen LogP contribution < -0.4 is 11.1 Å². The second-order valence-electron chi connectivity index (χ2n) is 5.31. The lowest BCUT2D eigenvalue weighted by atomic mass is 10.1. The van der Waals surface area contributed by atoms with Crippen LogP contribution in [0.1, 0.15) is 38.2 Å². The van der Waals surface area contributed by atoms with Crippen molar-refractivity contribution in [1.29, 1.82) is 0 Å². The van der Waals surface area contributed by atoms with E-state index in [0.717, 1.165) is 6.08 Å². The quantitative estimate of drug-likeness (QED) is 0.499. The van der Waals surface area contributed by atoms with E-state index in [1.54, 1.807) is 0 Å². The number of esters is 1. The third kappa shape index (κ3) is 5.78. The monoisotopic (exact) mass is 312 g/mol. The molecular formula is C13H17ClN4O3. The summed E-state index contributed by atoms with van der Waals surface area (Å²) in [7, 11) is 0. The van der Waals surface area contributed by atoms with Crippen molar-refractivity contribution in [2.45, 2.75) is 33.2 Å². The molecule has 0 aliphatic rings. The molecule has 114 valence electrons. The van der Waals surface area contributed by atoms with E-state index in [1.807, 2.05) is 20.8 Å².